The first-order valence-corrected chi connectivity index (χ1v) is 5.88. The number of fused-ring (bicyclic) bond motifs is 1. The summed E-state index contributed by atoms with van der Waals surface area (Å²) < 4.78 is 3.95. The quantitative estimate of drug-likeness (QED) is 0.506. The molecule has 0 fully saturated rings. The van der Waals surface area contributed by atoms with Gasteiger partial charge in [-0.25, -0.2) is 8.97 Å². The summed E-state index contributed by atoms with van der Waals surface area (Å²) in [6, 6.07) is 15.3. The molecule has 3 nitrogen and oxygen atoms in total. The third-order valence-electron chi connectivity index (χ3n) is 2.98. The average molecular weight is 237 g/mol. The number of carbonyl (C=O) groups is 1. The van der Waals surface area contributed by atoms with E-state index >= 15 is 0 Å². The van der Waals surface area contributed by atoms with E-state index in [0.717, 1.165) is 11.2 Å². The van der Waals surface area contributed by atoms with Crippen molar-refractivity contribution in [1.82, 2.24) is 4.40 Å². The maximum Gasteiger partial charge on any atom is 0.286 e. The largest absolute Gasteiger partial charge is 0.290 e. The summed E-state index contributed by atoms with van der Waals surface area (Å²) >= 11 is 0. The highest BCUT2D eigenvalue weighted by Gasteiger charge is 2.13. The smallest absolute Gasteiger partial charge is 0.286 e. The topological polar surface area (TPSA) is 25.4 Å². The predicted octanol–water partition coefficient (Wildman–Crippen LogP) is 2.11. The Labute approximate surface area is 105 Å². The molecule has 0 aliphatic carbocycles. The van der Waals surface area contributed by atoms with Crippen molar-refractivity contribution in [3.63, 3.8) is 0 Å². The fourth-order valence-corrected chi connectivity index (χ4v) is 2.05. The lowest BCUT2D eigenvalue weighted by atomic mass is 10.1. The number of aromatic nitrogens is 2. The van der Waals surface area contributed by atoms with Crippen LogP contribution < -0.4 is 4.57 Å². The predicted molar refractivity (Wildman–Crippen MR) is 68.4 cm³/mol. The number of Topliss-reactive ketones (excluding diaryl/α,β-unsaturated/α-hetero) is 1. The van der Waals surface area contributed by atoms with Crippen molar-refractivity contribution in [3.05, 3.63) is 72.7 Å². The molecular formula is C15H13N2O+. The fourth-order valence-electron chi connectivity index (χ4n) is 2.05. The summed E-state index contributed by atoms with van der Waals surface area (Å²) in [6.45, 7) is 0.366. The molecule has 0 amide bonds. The molecule has 0 N–H and O–H groups in total. The van der Waals surface area contributed by atoms with Crippen LogP contribution in [0, 0.1) is 0 Å². The summed E-state index contributed by atoms with van der Waals surface area (Å²) in [5.41, 5.74) is 1.77. The number of pyridine rings is 1. The normalized spacial score (nSPS) is 10.7. The molecule has 0 atom stereocenters. The Balaban J connectivity index is 1.91. The minimum atomic E-state index is 0.123. The molecule has 0 aliphatic rings. The van der Waals surface area contributed by atoms with Gasteiger partial charge in [0.2, 0.25) is 5.78 Å². The minimum absolute atomic E-state index is 0.123. The van der Waals surface area contributed by atoms with Crippen LogP contribution in [-0.4, -0.2) is 10.2 Å². The van der Waals surface area contributed by atoms with E-state index in [4.69, 9.17) is 0 Å². The molecule has 0 aliphatic heterocycles. The highest BCUT2D eigenvalue weighted by atomic mass is 16.1. The molecule has 0 radical (unpaired) electrons. The van der Waals surface area contributed by atoms with E-state index in [1.54, 1.807) is 0 Å². The number of hydrogen-bond donors (Lipinski definition) is 0. The van der Waals surface area contributed by atoms with Gasteiger partial charge in [-0.05, 0) is 6.07 Å². The first kappa shape index (κ1) is 10.7. The van der Waals surface area contributed by atoms with Crippen LogP contribution in [0.1, 0.15) is 10.4 Å². The van der Waals surface area contributed by atoms with Gasteiger partial charge in [0.25, 0.3) is 5.65 Å². The fraction of sp³-hybridized carbons (Fsp3) is 0.0667. The van der Waals surface area contributed by atoms with Crippen LogP contribution in [0.2, 0.25) is 0 Å². The first-order valence-electron chi connectivity index (χ1n) is 5.88. The van der Waals surface area contributed by atoms with Crippen LogP contribution in [0.3, 0.4) is 0 Å². The average Bonchev–Trinajstić information content (AvgIpc) is 2.83. The van der Waals surface area contributed by atoms with Crippen LogP contribution in [0.25, 0.3) is 5.65 Å². The lowest BCUT2D eigenvalue weighted by molar-refractivity contribution is -0.656. The van der Waals surface area contributed by atoms with Gasteiger partial charge in [-0.2, -0.15) is 0 Å². The Morgan fingerprint density at radius 2 is 1.78 bits per heavy atom. The molecular weight excluding hydrogens is 224 g/mol. The number of ketones is 1. The van der Waals surface area contributed by atoms with Crippen molar-refractivity contribution in [3.8, 4) is 0 Å². The van der Waals surface area contributed by atoms with E-state index in [0.29, 0.717) is 6.54 Å². The Bertz CT molecular complexity index is 686. The van der Waals surface area contributed by atoms with Crippen molar-refractivity contribution in [2.45, 2.75) is 6.54 Å². The van der Waals surface area contributed by atoms with E-state index < -0.39 is 0 Å². The Morgan fingerprint density at radius 1 is 1.00 bits per heavy atom. The second-order valence-electron chi connectivity index (χ2n) is 4.18. The van der Waals surface area contributed by atoms with Gasteiger partial charge >= 0.3 is 0 Å². The van der Waals surface area contributed by atoms with Gasteiger partial charge in [0.15, 0.2) is 6.54 Å². The number of nitrogens with zero attached hydrogens (tertiary/aromatic N) is 2. The van der Waals surface area contributed by atoms with E-state index in [9.17, 15) is 4.79 Å². The molecule has 88 valence electrons. The van der Waals surface area contributed by atoms with Crippen LogP contribution in [0.4, 0.5) is 0 Å². The van der Waals surface area contributed by atoms with Gasteiger partial charge in [0.05, 0.1) is 6.20 Å². The summed E-state index contributed by atoms with van der Waals surface area (Å²) in [5, 5.41) is 0. The van der Waals surface area contributed by atoms with Gasteiger partial charge in [-0.3, -0.25) is 4.79 Å². The molecule has 1 aromatic carbocycles. The number of rotatable bonds is 3. The van der Waals surface area contributed by atoms with Gasteiger partial charge in [-0.1, -0.05) is 36.4 Å². The van der Waals surface area contributed by atoms with Crippen molar-refractivity contribution in [1.29, 1.82) is 0 Å². The number of imidazole rings is 1. The van der Waals surface area contributed by atoms with Crippen LogP contribution >= 0.6 is 0 Å². The van der Waals surface area contributed by atoms with Crippen molar-refractivity contribution >= 4 is 11.4 Å². The highest BCUT2D eigenvalue weighted by molar-refractivity contribution is 5.95. The third kappa shape index (κ3) is 1.91. The van der Waals surface area contributed by atoms with Gasteiger partial charge in [0.1, 0.15) is 12.4 Å². The molecule has 2 aromatic heterocycles. The minimum Gasteiger partial charge on any atom is -0.290 e. The molecule has 0 saturated carbocycles. The standard InChI is InChI=1S/C15H13N2O/c18-14(13-6-2-1-3-7-13)12-17-11-10-16-9-5-4-8-15(16)17/h1-11H,12H2/q+1. The number of benzene rings is 1. The maximum atomic E-state index is 12.1. The SMILES string of the molecule is O=C(C[n+]1ccn2ccccc21)c1ccccc1. The molecule has 3 heteroatoms. The maximum absolute atomic E-state index is 12.1. The van der Waals surface area contributed by atoms with Crippen LogP contribution in [0.5, 0.6) is 0 Å². The monoisotopic (exact) mass is 237 g/mol. The molecule has 0 saturated heterocycles. The van der Waals surface area contributed by atoms with Crippen molar-refractivity contribution in [2.24, 2.45) is 0 Å². The molecule has 2 heterocycles. The molecule has 0 bridgehead atoms. The van der Waals surface area contributed by atoms with Crippen molar-refractivity contribution < 1.29 is 9.36 Å². The van der Waals surface area contributed by atoms with E-state index in [-0.39, 0.29) is 5.78 Å². The van der Waals surface area contributed by atoms with Gasteiger partial charge in [-0.15, -0.1) is 0 Å². The summed E-state index contributed by atoms with van der Waals surface area (Å²) in [4.78, 5) is 12.1. The molecule has 3 aromatic rings. The summed E-state index contributed by atoms with van der Waals surface area (Å²) in [7, 11) is 0. The number of carbonyl (C=O) groups excluding carboxylic acids is 1. The van der Waals surface area contributed by atoms with E-state index in [1.807, 2.05) is 76.1 Å². The summed E-state index contributed by atoms with van der Waals surface area (Å²) in [6.07, 6.45) is 5.85. The van der Waals surface area contributed by atoms with Crippen LogP contribution in [-0.2, 0) is 6.54 Å². The lowest BCUT2D eigenvalue weighted by Gasteiger charge is -1.98. The van der Waals surface area contributed by atoms with Gasteiger partial charge in [0, 0.05) is 11.6 Å². The Morgan fingerprint density at radius 3 is 2.61 bits per heavy atom. The highest BCUT2D eigenvalue weighted by Crippen LogP contribution is 2.02. The zero-order valence-corrected chi connectivity index (χ0v) is 9.86. The summed E-state index contributed by atoms with van der Waals surface area (Å²) in [5.74, 6) is 0.123. The molecule has 3 rings (SSSR count). The Kier molecular flexibility index (Phi) is 2.65. The molecule has 18 heavy (non-hydrogen) atoms. The first-order chi connectivity index (χ1) is 8.84. The molecule has 0 unspecified atom stereocenters. The van der Waals surface area contributed by atoms with Crippen molar-refractivity contribution in [2.75, 3.05) is 0 Å². The lowest BCUT2D eigenvalue weighted by Crippen LogP contribution is -2.36. The third-order valence-corrected chi connectivity index (χ3v) is 2.98. The second-order valence-corrected chi connectivity index (χ2v) is 4.18. The van der Waals surface area contributed by atoms with Gasteiger partial charge < -0.3 is 0 Å². The number of hydrogen-bond acceptors (Lipinski definition) is 1. The molecule has 0 spiro atoms. The van der Waals surface area contributed by atoms with E-state index in [2.05, 4.69) is 0 Å². The second kappa shape index (κ2) is 4.45. The Hall–Kier alpha value is -2.42. The van der Waals surface area contributed by atoms with E-state index in [1.165, 1.54) is 0 Å². The van der Waals surface area contributed by atoms with Crippen LogP contribution in [0.15, 0.2) is 67.1 Å². The zero-order valence-electron chi connectivity index (χ0n) is 9.86. The zero-order chi connectivity index (χ0) is 12.4.